The standard InChI is InChI=1S/C17H24BrN3/c1-2-3-4-5-6-7-8-15-16(17(19)21-20-15)13-9-11-14(18)12-10-13/h9-12H,2-8H2,1H3,(H3,19,20,21). The third-order valence-electron chi connectivity index (χ3n) is 3.78. The van der Waals surface area contributed by atoms with E-state index in [0.29, 0.717) is 5.82 Å². The lowest BCUT2D eigenvalue weighted by molar-refractivity contribution is 0.604. The number of H-pyrrole nitrogens is 1. The van der Waals surface area contributed by atoms with Crippen molar-refractivity contribution in [3.63, 3.8) is 0 Å². The lowest BCUT2D eigenvalue weighted by Gasteiger charge is -2.05. The second kappa shape index (κ2) is 8.23. The summed E-state index contributed by atoms with van der Waals surface area (Å²) in [5.74, 6) is 0.596. The van der Waals surface area contributed by atoms with Gasteiger partial charge in [0.05, 0.1) is 0 Å². The molecule has 3 nitrogen and oxygen atoms in total. The van der Waals surface area contributed by atoms with Crippen molar-refractivity contribution in [1.29, 1.82) is 0 Å². The molecule has 0 atom stereocenters. The molecular weight excluding hydrogens is 326 g/mol. The van der Waals surface area contributed by atoms with Crippen molar-refractivity contribution in [2.75, 3.05) is 5.73 Å². The van der Waals surface area contributed by atoms with Crippen LogP contribution in [0.2, 0.25) is 0 Å². The van der Waals surface area contributed by atoms with Gasteiger partial charge in [-0.3, -0.25) is 5.10 Å². The van der Waals surface area contributed by atoms with Crippen molar-refractivity contribution in [2.24, 2.45) is 0 Å². The molecule has 3 N–H and O–H groups in total. The average molecular weight is 350 g/mol. The van der Waals surface area contributed by atoms with Crippen molar-refractivity contribution in [2.45, 2.75) is 51.9 Å². The van der Waals surface area contributed by atoms with E-state index in [1.807, 2.05) is 12.1 Å². The van der Waals surface area contributed by atoms with Gasteiger partial charge in [-0.2, -0.15) is 5.10 Å². The molecule has 4 heteroatoms. The van der Waals surface area contributed by atoms with E-state index < -0.39 is 0 Å². The van der Waals surface area contributed by atoms with Crippen molar-refractivity contribution >= 4 is 21.7 Å². The number of nitrogen functional groups attached to an aromatic ring is 1. The van der Waals surface area contributed by atoms with E-state index in [9.17, 15) is 0 Å². The number of nitrogens with two attached hydrogens (primary N) is 1. The molecule has 0 radical (unpaired) electrons. The molecular formula is C17H24BrN3. The Bertz CT molecular complexity index is 546. The normalized spacial score (nSPS) is 11.0. The number of hydrogen-bond donors (Lipinski definition) is 2. The fourth-order valence-electron chi connectivity index (χ4n) is 2.60. The van der Waals surface area contributed by atoms with Crippen molar-refractivity contribution < 1.29 is 0 Å². The summed E-state index contributed by atoms with van der Waals surface area (Å²) in [4.78, 5) is 0. The van der Waals surface area contributed by atoms with Gasteiger partial charge >= 0.3 is 0 Å². The van der Waals surface area contributed by atoms with E-state index in [-0.39, 0.29) is 0 Å². The van der Waals surface area contributed by atoms with Gasteiger partial charge in [-0.1, -0.05) is 67.1 Å². The van der Waals surface area contributed by atoms with E-state index in [2.05, 4.69) is 45.2 Å². The summed E-state index contributed by atoms with van der Waals surface area (Å²) in [6.07, 6.45) is 8.80. The van der Waals surface area contributed by atoms with E-state index in [0.717, 1.165) is 27.7 Å². The predicted molar refractivity (Wildman–Crippen MR) is 93.2 cm³/mol. The highest BCUT2D eigenvalue weighted by atomic mass is 79.9. The maximum absolute atomic E-state index is 6.03. The number of nitrogens with one attached hydrogen (secondary N) is 1. The monoisotopic (exact) mass is 349 g/mol. The number of anilines is 1. The second-order valence-electron chi connectivity index (χ2n) is 5.49. The van der Waals surface area contributed by atoms with Crippen LogP contribution in [0.3, 0.4) is 0 Å². The molecule has 2 aromatic rings. The number of rotatable bonds is 8. The zero-order chi connectivity index (χ0) is 15.1. The summed E-state index contributed by atoms with van der Waals surface area (Å²) >= 11 is 3.46. The largest absolute Gasteiger partial charge is 0.382 e. The van der Waals surface area contributed by atoms with Crippen LogP contribution in [0.1, 0.15) is 51.1 Å². The van der Waals surface area contributed by atoms with E-state index in [1.165, 1.54) is 38.5 Å². The number of unbranched alkanes of at least 4 members (excludes halogenated alkanes) is 5. The Hall–Kier alpha value is -1.29. The molecule has 1 aromatic heterocycles. The minimum absolute atomic E-state index is 0.596. The fourth-order valence-corrected chi connectivity index (χ4v) is 2.86. The zero-order valence-corrected chi connectivity index (χ0v) is 14.2. The van der Waals surface area contributed by atoms with E-state index >= 15 is 0 Å². The number of nitrogens with zero attached hydrogens (tertiary/aromatic N) is 1. The van der Waals surface area contributed by atoms with Crippen LogP contribution >= 0.6 is 15.9 Å². The number of aryl methyl sites for hydroxylation is 1. The Morgan fingerprint density at radius 2 is 1.71 bits per heavy atom. The minimum Gasteiger partial charge on any atom is -0.382 e. The van der Waals surface area contributed by atoms with Gasteiger partial charge in [-0.25, -0.2) is 0 Å². The third-order valence-corrected chi connectivity index (χ3v) is 4.31. The summed E-state index contributed by atoms with van der Waals surface area (Å²) in [6, 6.07) is 8.23. The van der Waals surface area contributed by atoms with Gasteiger partial charge in [-0.15, -0.1) is 0 Å². The average Bonchev–Trinajstić information content (AvgIpc) is 2.85. The molecule has 0 aliphatic carbocycles. The Morgan fingerprint density at radius 3 is 2.43 bits per heavy atom. The summed E-state index contributed by atoms with van der Waals surface area (Å²) in [5.41, 5.74) is 9.38. The molecule has 0 amide bonds. The third kappa shape index (κ3) is 4.60. The van der Waals surface area contributed by atoms with Crippen LogP contribution in [0.5, 0.6) is 0 Å². The number of aromatic amines is 1. The first-order valence-corrected chi connectivity index (χ1v) is 8.60. The van der Waals surface area contributed by atoms with Gasteiger partial charge in [-0.05, 0) is 30.5 Å². The van der Waals surface area contributed by atoms with E-state index in [4.69, 9.17) is 5.73 Å². The molecule has 0 aliphatic rings. The highest BCUT2D eigenvalue weighted by molar-refractivity contribution is 9.10. The Kier molecular flexibility index (Phi) is 6.30. The summed E-state index contributed by atoms with van der Waals surface area (Å²) in [7, 11) is 0. The smallest absolute Gasteiger partial charge is 0.153 e. The molecule has 0 saturated heterocycles. The van der Waals surface area contributed by atoms with Gasteiger partial charge in [0.1, 0.15) is 0 Å². The molecule has 1 heterocycles. The molecule has 0 unspecified atom stereocenters. The quantitative estimate of drug-likeness (QED) is 0.633. The highest BCUT2D eigenvalue weighted by Gasteiger charge is 2.12. The fraction of sp³-hybridized carbons (Fsp3) is 0.471. The van der Waals surface area contributed by atoms with Crippen LogP contribution in [0.25, 0.3) is 11.1 Å². The van der Waals surface area contributed by atoms with Crippen LogP contribution in [-0.4, -0.2) is 10.2 Å². The van der Waals surface area contributed by atoms with Crippen LogP contribution < -0.4 is 5.73 Å². The van der Waals surface area contributed by atoms with Crippen LogP contribution in [-0.2, 0) is 6.42 Å². The van der Waals surface area contributed by atoms with Gasteiger partial charge in [0.25, 0.3) is 0 Å². The SMILES string of the molecule is CCCCCCCCc1[nH]nc(N)c1-c1ccc(Br)cc1. The van der Waals surface area contributed by atoms with Gasteiger partial charge < -0.3 is 5.73 Å². The molecule has 0 bridgehead atoms. The Balaban J connectivity index is 1.96. The maximum atomic E-state index is 6.03. The topological polar surface area (TPSA) is 54.7 Å². The lowest BCUT2D eigenvalue weighted by Crippen LogP contribution is -1.92. The summed E-state index contributed by atoms with van der Waals surface area (Å²) in [5, 5.41) is 7.29. The van der Waals surface area contributed by atoms with Gasteiger partial charge in [0.15, 0.2) is 5.82 Å². The first-order chi connectivity index (χ1) is 10.2. The van der Waals surface area contributed by atoms with Gasteiger partial charge in [0, 0.05) is 15.7 Å². The molecule has 114 valence electrons. The molecule has 0 saturated carbocycles. The first kappa shape index (κ1) is 16.1. The summed E-state index contributed by atoms with van der Waals surface area (Å²) < 4.78 is 1.07. The number of benzene rings is 1. The molecule has 21 heavy (non-hydrogen) atoms. The van der Waals surface area contributed by atoms with Gasteiger partial charge in [0.2, 0.25) is 0 Å². The van der Waals surface area contributed by atoms with Crippen molar-refractivity contribution in [3.8, 4) is 11.1 Å². The minimum atomic E-state index is 0.596. The number of hydrogen-bond acceptors (Lipinski definition) is 2. The molecule has 2 rings (SSSR count). The zero-order valence-electron chi connectivity index (χ0n) is 12.7. The molecule has 1 aromatic carbocycles. The second-order valence-corrected chi connectivity index (χ2v) is 6.40. The predicted octanol–water partition coefficient (Wildman–Crippen LogP) is 5.32. The van der Waals surface area contributed by atoms with Crippen LogP contribution in [0.4, 0.5) is 5.82 Å². The van der Waals surface area contributed by atoms with E-state index in [1.54, 1.807) is 0 Å². The van der Waals surface area contributed by atoms with Crippen LogP contribution in [0.15, 0.2) is 28.7 Å². The lowest BCUT2D eigenvalue weighted by atomic mass is 10.0. The van der Waals surface area contributed by atoms with Crippen LogP contribution in [0, 0.1) is 0 Å². The summed E-state index contributed by atoms with van der Waals surface area (Å²) in [6.45, 7) is 2.25. The molecule has 0 aliphatic heterocycles. The Labute approximate surface area is 135 Å². The highest BCUT2D eigenvalue weighted by Crippen LogP contribution is 2.30. The Morgan fingerprint density at radius 1 is 1.05 bits per heavy atom. The molecule has 0 spiro atoms. The number of aromatic nitrogens is 2. The first-order valence-electron chi connectivity index (χ1n) is 7.81. The molecule has 0 fully saturated rings. The van der Waals surface area contributed by atoms with Crippen molar-refractivity contribution in [1.82, 2.24) is 10.2 Å². The number of halogens is 1. The maximum Gasteiger partial charge on any atom is 0.153 e. The van der Waals surface area contributed by atoms with Crippen molar-refractivity contribution in [3.05, 3.63) is 34.4 Å².